The van der Waals surface area contributed by atoms with Crippen LogP contribution in [0.1, 0.15) is 16.8 Å². The molecule has 6 heteroatoms. The zero-order chi connectivity index (χ0) is 20.2. The third kappa shape index (κ3) is 4.49. The number of aromatic nitrogens is 2. The lowest BCUT2D eigenvalue weighted by Gasteiger charge is -2.19. The number of thioether (sulfide) groups is 1. The van der Waals surface area contributed by atoms with E-state index in [0.717, 1.165) is 31.5 Å². The van der Waals surface area contributed by atoms with Gasteiger partial charge in [0.2, 0.25) is 5.91 Å². The first-order valence-corrected chi connectivity index (χ1v) is 11.2. The summed E-state index contributed by atoms with van der Waals surface area (Å²) in [7, 11) is 0. The first-order chi connectivity index (χ1) is 14.1. The number of rotatable bonds is 6. The van der Waals surface area contributed by atoms with E-state index >= 15 is 0 Å². The van der Waals surface area contributed by atoms with E-state index in [2.05, 4.69) is 31.0 Å². The van der Waals surface area contributed by atoms with Gasteiger partial charge in [-0.1, -0.05) is 47.7 Å². The van der Waals surface area contributed by atoms with Crippen LogP contribution >= 0.6 is 23.1 Å². The highest BCUT2D eigenvalue weighted by Crippen LogP contribution is 2.34. The number of thiazole rings is 1. The Bertz CT molecular complexity index is 1090. The Balaban J connectivity index is 1.65. The molecule has 0 spiro atoms. The number of benzene rings is 2. The van der Waals surface area contributed by atoms with Crippen molar-refractivity contribution in [2.24, 2.45) is 0 Å². The highest BCUT2D eigenvalue weighted by Gasteiger charge is 2.22. The largest absolute Gasteiger partial charge is 0.281 e. The second-order valence-electron chi connectivity index (χ2n) is 6.78. The van der Waals surface area contributed by atoms with Gasteiger partial charge in [0.1, 0.15) is 0 Å². The van der Waals surface area contributed by atoms with Crippen molar-refractivity contribution < 1.29 is 4.79 Å². The fourth-order valence-electron chi connectivity index (χ4n) is 3.02. The lowest BCUT2D eigenvalue weighted by molar-refractivity contribution is -0.116. The van der Waals surface area contributed by atoms with Crippen LogP contribution in [-0.4, -0.2) is 21.6 Å². The van der Waals surface area contributed by atoms with Gasteiger partial charge < -0.3 is 0 Å². The van der Waals surface area contributed by atoms with Gasteiger partial charge in [-0.3, -0.25) is 14.7 Å². The predicted octanol–water partition coefficient (Wildman–Crippen LogP) is 5.63. The van der Waals surface area contributed by atoms with Crippen LogP contribution in [0, 0.1) is 13.8 Å². The second-order valence-corrected chi connectivity index (χ2v) is 8.80. The number of hydrogen-bond acceptors (Lipinski definition) is 5. The molecule has 0 radical (unpaired) electrons. The van der Waals surface area contributed by atoms with Crippen LogP contribution in [0.15, 0.2) is 71.8 Å². The minimum absolute atomic E-state index is 0.0267. The molecule has 29 heavy (non-hydrogen) atoms. The monoisotopic (exact) mass is 419 g/mol. The molecule has 146 valence electrons. The van der Waals surface area contributed by atoms with E-state index in [9.17, 15) is 4.79 Å². The minimum atomic E-state index is 0.0267. The van der Waals surface area contributed by atoms with Crippen LogP contribution in [0.3, 0.4) is 0 Å². The summed E-state index contributed by atoms with van der Waals surface area (Å²) >= 11 is 3.11. The van der Waals surface area contributed by atoms with Gasteiger partial charge >= 0.3 is 0 Å². The van der Waals surface area contributed by atoms with Crippen LogP contribution in [0.4, 0.5) is 5.13 Å². The smallest absolute Gasteiger partial charge is 0.239 e. The summed E-state index contributed by atoms with van der Waals surface area (Å²) in [5, 5.41) is 0.724. The highest BCUT2D eigenvalue weighted by atomic mass is 32.2. The van der Waals surface area contributed by atoms with Gasteiger partial charge in [-0.15, -0.1) is 11.8 Å². The first-order valence-electron chi connectivity index (χ1n) is 9.36. The molecule has 0 fully saturated rings. The minimum Gasteiger partial charge on any atom is -0.281 e. The molecule has 1 amide bonds. The van der Waals surface area contributed by atoms with E-state index in [1.807, 2.05) is 48.5 Å². The van der Waals surface area contributed by atoms with Gasteiger partial charge in [-0.05, 0) is 49.2 Å². The average molecular weight is 420 g/mol. The molecule has 4 rings (SSSR count). The number of nitrogens with zero attached hydrogens (tertiary/aromatic N) is 3. The summed E-state index contributed by atoms with van der Waals surface area (Å²) in [4.78, 5) is 25.3. The molecular weight excluding hydrogens is 398 g/mol. The van der Waals surface area contributed by atoms with Gasteiger partial charge in [0, 0.05) is 11.1 Å². The summed E-state index contributed by atoms with van der Waals surface area (Å²) < 4.78 is 1.13. The molecule has 0 unspecified atom stereocenters. The predicted molar refractivity (Wildman–Crippen MR) is 122 cm³/mol. The summed E-state index contributed by atoms with van der Waals surface area (Å²) in [6.45, 7) is 4.55. The van der Waals surface area contributed by atoms with Crippen molar-refractivity contribution in [2.45, 2.75) is 25.3 Å². The van der Waals surface area contributed by atoms with Gasteiger partial charge in [0.15, 0.2) is 5.13 Å². The summed E-state index contributed by atoms with van der Waals surface area (Å²) in [6, 6.07) is 19.9. The van der Waals surface area contributed by atoms with E-state index < -0.39 is 0 Å². The SMILES string of the molecule is Cc1ccc(C)c2sc(N(Cc3ccccn3)C(=O)CSc3ccccc3)nc12. The van der Waals surface area contributed by atoms with E-state index in [4.69, 9.17) is 4.98 Å². The summed E-state index contributed by atoms with van der Waals surface area (Å²) in [5.41, 5.74) is 4.12. The molecule has 2 aromatic heterocycles. The molecule has 4 nitrogen and oxygen atoms in total. The highest BCUT2D eigenvalue weighted by molar-refractivity contribution is 8.00. The summed E-state index contributed by atoms with van der Waals surface area (Å²) in [6.07, 6.45) is 1.75. The van der Waals surface area contributed by atoms with Crippen LogP contribution in [0.2, 0.25) is 0 Å². The molecule has 4 aromatic rings. The maximum Gasteiger partial charge on any atom is 0.239 e. The van der Waals surface area contributed by atoms with E-state index in [0.29, 0.717) is 12.3 Å². The zero-order valence-corrected chi connectivity index (χ0v) is 18.0. The normalized spacial score (nSPS) is 11.0. The molecule has 2 heterocycles. The Kier molecular flexibility index (Phi) is 5.92. The van der Waals surface area contributed by atoms with Gasteiger partial charge in [0.25, 0.3) is 0 Å². The number of aryl methyl sites for hydroxylation is 2. The molecule has 0 aliphatic heterocycles. The van der Waals surface area contributed by atoms with Crippen molar-refractivity contribution in [2.75, 3.05) is 10.7 Å². The molecule has 0 aliphatic carbocycles. The number of hydrogen-bond donors (Lipinski definition) is 0. The van der Waals surface area contributed by atoms with Crippen molar-refractivity contribution in [1.29, 1.82) is 0 Å². The number of carbonyl (C=O) groups is 1. The van der Waals surface area contributed by atoms with Crippen molar-refractivity contribution >= 4 is 44.4 Å². The molecule has 0 saturated carbocycles. The first kappa shape index (κ1) is 19.6. The molecule has 0 aliphatic rings. The number of amides is 1. The molecule has 2 aromatic carbocycles. The molecule has 0 bridgehead atoms. The fourth-order valence-corrected chi connectivity index (χ4v) is 4.94. The van der Waals surface area contributed by atoms with Crippen molar-refractivity contribution in [3.8, 4) is 0 Å². The van der Waals surface area contributed by atoms with E-state index in [-0.39, 0.29) is 5.91 Å². The van der Waals surface area contributed by atoms with Crippen LogP contribution < -0.4 is 4.90 Å². The van der Waals surface area contributed by atoms with Gasteiger partial charge in [-0.25, -0.2) is 4.98 Å². The van der Waals surface area contributed by atoms with Crippen molar-refractivity contribution in [3.05, 3.63) is 83.7 Å². The molecule has 0 N–H and O–H groups in total. The number of anilines is 1. The Morgan fingerprint density at radius 1 is 1.00 bits per heavy atom. The molecular formula is C23H21N3OS2. The third-order valence-corrected chi connectivity index (χ3v) is 6.83. The number of pyridine rings is 1. The quantitative estimate of drug-likeness (QED) is 0.380. The Labute approximate surface area is 178 Å². The maximum absolute atomic E-state index is 13.2. The molecule has 0 saturated heterocycles. The number of carbonyl (C=O) groups excluding carboxylic acids is 1. The van der Waals surface area contributed by atoms with Crippen molar-refractivity contribution in [1.82, 2.24) is 9.97 Å². The Morgan fingerprint density at radius 2 is 1.76 bits per heavy atom. The van der Waals surface area contributed by atoms with Gasteiger partial charge in [0.05, 0.1) is 28.2 Å². The molecule has 0 atom stereocenters. The Hall–Kier alpha value is -2.70. The van der Waals surface area contributed by atoms with Crippen molar-refractivity contribution in [3.63, 3.8) is 0 Å². The topological polar surface area (TPSA) is 46.1 Å². The summed E-state index contributed by atoms with van der Waals surface area (Å²) in [5.74, 6) is 0.379. The van der Waals surface area contributed by atoms with E-state index in [1.165, 1.54) is 5.56 Å². The fraction of sp³-hybridized carbons (Fsp3) is 0.174. The van der Waals surface area contributed by atoms with Gasteiger partial charge in [-0.2, -0.15) is 0 Å². The third-order valence-electron chi connectivity index (χ3n) is 4.61. The Morgan fingerprint density at radius 3 is 2.48 bits per heavy atom. The van der Waals surface area contributed by atoms with Crippen LogP contribution in [0.25, 0.3) is 10.2 Å². The maximum atomic E-state index is 13.2. The van der Waals surface area contributed by atoms with Crippen LogP contribution in [0.5, 0.6) is 0 Å². The zero-order valence-electron chi connectivity index (χ0n) is 16.3. The van der Waals surface area contributed by atoms with E-state index in [1.54, 1.807) is 34.2 Å². The lowest BCUT2D eigenvalue weighted by atomic mass is 10.1. The lowest BCUT2D eigenvalue weighted by Crippen LogP contribution is -2.32. The average Bonchev–Trinajstić information content (AvgIpc) is 3.21. The van der Waals surface area contributed by atoms with Crippen LogP contribution in [-0.2, 0) is 11.3 Å². The second kappa shape index (κ2) is 8.76. The number of fused-ring (bicyclic) bond motifs is 1. The standard InChI is InChI=1S/C23H21N3OS2/c1-16-11-12-17(2)22-21(16)25-23(29-22)26(14-18-8-6-7-13-24-18)20(27)15-28-19-9-4-3-5-10-19/h3-13H,14-15H2,1-2H3.